The zero-order valence-corrected chi connectivity index (χ0v) is 14.6. The Kier molecular flexibility index (Phi) is 4.74. The van der Waals surface area contributed by atoms with Crippen molar-refractivity contribution in [2.75, 3.05) is 37.7 Å². The number of amides is 1. The first-order chi connectivity index (χ1) is 12.2. The molecule has 1 saturated carbocycles. The van der Waals surface area contributed by atoms with Crippen LogP contribution in [0.15, 0.2) is 4.79 Å². The second-order valence-corrected chi connectivity index (χ2v) is 7.26. The first kappa shape index (κ1) is 16.6. The number of carbonyl (C=O) groups is 1. The van der Waals surface area contributed by atoms with Crippen LogP contribution in [0, 0.1) is 5.92 Å². The van der Waals surface area contributed by atoms with E-state index in [1.165, 1.54) is 6.42 Å². The highest BCUT2D eigenvalue weighted by Crippen LogP contribution is 2.27. The van der Waals surface area contributed by atoms with Gasteiger partial charge in [-0.2, -0.15) is 0 Å². The third-order valence-electron chi connectivity index (χ3n) is 5.64. The SMILES string of the molecule is O=C(C1CCCCC1)N1CCc2c(nc(N3CCOCC3)[nH]c2=O)C1. The van der Waals surface area contributed by atoms with Gasteiger partial charge in [0.25, 0.3) is 5.56 Å². The lowest BCUT2D eigenvalue weighted by atomic mass is 9.88. The number of fused-ring (bicyclic) bond motifs is 1. The molecule has 3 aliphatic rings. The van der Waals surface area contributed by atoms with Gasteiger partial charge in [-0.25, -0.2) is 4.98 Å². The van der Waals surface area contributed by atoms with Crippen LogP contribution in [0.25, 0.3) is 0 Å². The van der Waals surface area contributed by atoms with Crippen molar-refractivity contribution in [1.29, 1.82) is 0 Å². The summed E-state index contributed by atoms with van der Waals surface area (Å²) in [4.78, 5) is 36.8. The molecule has 1 saturated heterocycles. The highest BCUT2D eigenvalue weighted by molar-refractivity contribution is 5.79. The number of anilines is 1. The van der Waals surface area contributed by atoms with E-state index >= 15 is 0 Å². The van der Waals surface area contributed by atoms with Crippen molar-refractivity contribution in [3.63, 3.8) is 0 Å². The van der Waals surface area contributed by atoms with Crippen molar-refractivity contribution in [3.8, 4) is 0 Å². The molecule has 1 N–H and O–H groups in total. The second-order valence-electron chi connectivity index (χ2n) is 7.26. The van der Waals surface area contributed by atoms with Crippen LogP contribution in [0.5, 0.6) is 0 Å². The fourth-order valence-corrected chi connectivity index (χ4v) is 4.15. The molecule has 7 nitrogen and oxygen atoms in total. The van der Waals surface area contributed by atoms with Crippen LogP contribution in [0.3, 0.4) is 0 Å². The average molecular weight is 346 g/mol. The molecule has 0 bridgehead atoms. The Morgan fingerprint density at radius 2 is 1.88 bits per heavy atom. The van der Waals surface area contributed by atoms with Crippen LogP contribution in [-0.4, -0.2) is 53.6 Å². The molecule has 0 spiro atoms. The molecule has 1 amide bonds. The Morgan fingerprint density at radius 1 is 1.12 bits per heavy atom. The molecule has 25 heavy (non-hydrogen) atoms. The zero-order valence-electron chi connectivity index (χ0n) is 14.6. The summed E-state index contributed by atoms with van der Waals surface area (Å²) in [5.41, 5.74) is 1.45. The molecule has 3 heterocycles. The molecule has 0 atom stereocenters. The Bertz CT molecular complexity index is 690. The maximum atomic E-state index is 12.8. The maximum Gasteiger partial charge on any atom is 0.255 e. The summed E-state index contributed by atoms with van der Waals surface area (Å²) >= 11 is 0. The number of rotatable bonds is 2. The van der Waals surface area contributed by atoms with E-state index in [9.17, 15) is 9.59 Å². The Balaban J connectivity index is 1.53. The van der Waals surface area contributed by atoms with Crippen LogP contribution in [-0.2, 0) is 22.5 Å². The van der Waals surface area contributed by atoms with Gasteiger partial charge in [-0.3, -0.25) is 14.6 Å². The molecular weight excluding hydrogens is 320 g/mol. The molecule has 136 valence electrons. The number of morpholine rings is 1. The third kappa shape index (κ3) is 3.42. The van der Waals surface area contributed by atoms with Crippen LogP contribution >= 0.6 is 0 Å². The Morgan fingerprint density at radius 3 is 2.64 bits per heavy atom. The quantitative estimate of drug-likeness (QED) is 0.867. The van der Waals surface area contributed by atoms with Gasteiger partial charge in [0.1, 0.15) is 0 Å². The fourth-order valence-electron chi connectivity index (χ4n) is 4.15. The summed E-state index contributed by atoms with van der Waals surface area (Å²) in [7, 11) is 0. The van der Waals surface area contributed by atoms with Crippen molar-refractivity contribution < 1.29 is 9.53 Å². The zero-order chi connectivity index (χ0) is 17.2. The van der Waals surface area contributed by atoms with Gasteiger partial charge in [-0.15, -0.1) is 0 Å². The first-order valence-corrected chi connectivity index (χ1v) is 9.46. The molecule has 0 unspecified atom stereocenters. The molecular formula is C18H26N4O3. The topological polar surface area (TPSA) is 78.5 Å². The summed E-state index contributed by atoms with van der Waals surface area (Å²) in [6.45, 7) is 3.84. The summed E-state index contributed by atoms with van der Waals surface area (Å²) in [5.74, 6) is 1.02. The number of aromatic amines is 1. The number of H-pyrrole nitrogens is 1. The smallest absolute Gasteiger partial charge is 0.255 e. The van der Waals surface area contributed by atoms with Gasteiger partial charge in [-0.1, -0.05) is 19.3 Å². The van der Waals surface area contributed by atoms with E-state index in [1.54, 1.807) is 0 Å². The second kappa shape index (κ2) is 7.15. The predicted octanol–water partition coefficient (Wildman–Crippen LogP) is 1.07. The van der Waals surface area contributed by atoms with E-state index in [2.05, 4.69) is 4.98 Å². The van der Waals surface area contributed by atoms with Gasteiger partial charge in [0.15, 0.2) is 0 Å². The lowest BCUT2D eigenvalue weighted by Crippen LogP contribution is -2.44. The minimum Gasteiger partial charge on any atom is -0.378 e. The molecule has 0 aromatic carbocycles. The van der Waals surface area contributed by atoms with Gasteiger partial charge >= 0.3 is 0 Å². The molecule has 1 aliphatic carbocycles. The Labute approximate surface area is 147 Å². The molecule has 2 aliphatic heterocycles. The van der Waals surface area contributed by atoms with E-state index in [0.29, 0.717) is 38.7 Å². The van der Waals surface area contributed by atoms with Gasteiger partial charge in [0.2, 0.25) is 11.9 Å². The molecule has 0 radical (unpaired) electrons. The highest BCUT2D eigenvalue weighted by Gasteiger charge is 2.30. The average Bonchev–Trinajstić information content (AvgIpc) is 2.68. The van der Waals surface area contributed by atoms with Crippen LogP contribution in [0.4, 0.5) is 5.95 Å². The van der Waals surface area contributed by atoms with Gasteiger partial charge in [-0.05, 0) is 19.3 Å². The van der Waals surface area contributed by atoms with E-state index in [-0.39, 0.29) is 17.4 Å². The van der Waals surface area contributed by atoms with E-state index in [1.807, 2.05) is 9.80 Å². The summed E-state index contributed by atoms with van der Waals surface area (Å²) in [6, 6.07) is 0. The molecule has 1 aromatic rings. The number of nitrogens with one attached hydrogen (secondary N) is 1. The van der Waals surface area contributed by atoms with Crippen molar-refractivity contribution >= 4 is 11.9 Å². The normalized spacial score (nSPS) is 21.9. The molecule has 1 aromatic heterocycles. The lowest BCUT2D eigenvalue weighted by Gasteiger charge is -2.33. The standard InChI is InChI=1S/C18H26N4O3/c23-16-14-6-7-22(17(24)13-4-2-1-3-5-13)12-15(14)19-18(20-16)21-8-10-25-11-9-21/h13H,1-12H2,(H,19,20,23). The summed E-state index contributed by atoms with van der Waals surface area (Å²) < 4.78 is 5.37. The number of ether oxygens (including phenoxy) is 1. The summed E-state index contributed by atoms with van der Waals surface area (Å²) in [5, 5.41) is 0. The van der Waals surface area contributed by atoms with Gasteiger partial charge < -0.3 is 14.5 Å². The monoisotopic (exact) mass is 346 g/mol. The van der Waals surface area contributed by atoms with Gasteiger partial charge in [0, 0.05) is 31.1 Å². The van der Waals surface area contributed by atoms with E-state index in [4.69, 9.17) is 9.72 Å². The molecule has 2 fully saturated rings. The fraction of sp³-hybridized carbons (Fsp3) is 0.722. The lowest BCUT2D eigenvalue weighted by molar-refractivity contribution is -0.137. The third-order valence-corrected chi connectivity index (χ3v) is 5.64. The maximum absolute atomic E-state index is 12.8. The van der Waals surface area contributed by atoms with Crippen LogP contribution < -0.4 is 10.5 Å². The van der Waals surface area contributed by atoms with Crippen molar-refractivity contribution in [2.24, 2.45) is 5.92 Å². The molecule has 7 heteroatoms. The number of hydrogen-bond acceptors (Lipinski definition) is 5. The number of aromatic nitrogens is 2. The van der Waals surface area contributed by atoms with E-state index < -0.39 is 0 Å². The highest BCUT2D eigenvalue weighted by atomic mass is 16.5. The van der Waals surface area contributed by atoms with Gasteiger partial charge in [0.05, 0.1) is 25.5 Å². The molecule has 4 rings (SSSR count). The Hall–Kier alpha value is -1.89. The summed E-state index contributed by atoms with van der Waals surface area (Å²) in [6.07, 6.45) is 6.15. The minimum atomic E-state index is -0.0590. The number of hydrogen-bond donors (Lipinski definition) is 1. The van der Waals surface area contributed by atoms with Crippen molar-refractivity contribution in [3.05, 3.63) is 21.6 Å². The van der Waals surface area contributed by atoms with Crippen molar-refractivity contribution in [2.45, 2.75) is 45.1 Å². The number of carbonyl (C=O) groups excluding carboxylic acids is 1. The van der Waals surface area contributed by atoms with Crippen LogP contribution in [0.2, 0.25) is 0 Å². The van der Waals surface area contributed by atoms with Crippen molar-refractivity contribution in [1.82, 2.24) is 14.9 Å². The largest absolute Gasteiger partial charge is 0.378 e. The number of nitrogens with zero attached hydrogens (tertiary/aromatic N) is 3. The first-order valence-electron chi connectivity index (χ1n) is 9.46. The predicted molar refractivity (Wildman–Crippen MR) is 93.6 cm³/mol. The van der Waals surface area contributed by atoms with Crippen LogP contribution in [0.1, 0.15) is 43.4 Å². The minimum absolute atomic E-state index is 0.0590. The van der Waals surface area contributed by atoms with E-state index in [0.717, 1.165) is 50.0 Å².